The molecule has 6 aromatic carbocycles. The van der Waals surface area contributed by atoms with Crippen molar-refractivity contribution in [2.45, 2.75) is 0 Å². The van der Waals surface area contributed by atoms with Crippen LogP contribution in [0.2, 0.25) is 0 Å². The van der Waals surface area contributed by atoms with Crippen molar-refractivity contribution in [1.82, 2.24) is 14.5 Å². The summed E-state index contributed by atoms with van der Waals surface area (Å²) in [5.74, 6) is 0.603. The van der Waals surface area contributed by atoms with E-state index in [0.29, 0.717) is 5.89 Å². The molecule has 0 fully saturated rings. The van der Waals surface area contributed by atoms with Gasteiger partial charge in [0.1, 0.15) is 5.52 Å². The van der Waals surface area contributed by atoms with Crippen molar-refractivity contribution in [2.75, 3.05) is 0 Å². The number of pyridine rings is 1. The number of nitrogens with zero attached hydrogens (tertiary/aromatic N) is 3. The SMILES string of the molecule is c1ccc(-c2ccc3nc(-c4ccc5c6cc(-c7ccccc7)ccc6n(-c6cccc(-c7ccccn7)c6)c5c4)oc3c2)cc1. The van der Waals surface area contributed by atoms with Crippen molar-refractivity contribution in [3.05, 3.63) is 164 Å². The molecule has 0 saturated carbocycles. The number of rotatable bonds is 5. The second-order valence-corrected chi connectivity index (χ2v) is 11.5. The van der Waals surface area contributed by atoms with Crippen molar-refractivity contribution in [1.29, 1.82) is 0 Å². The fourth-order valence-corrected chi connectivity index (χ4v) is 6.44. The van der Waals surface area contributed by atoms with Crippen molar-refractivity contribution < 1.29 is 4.42 Å². The molecule has 0 aliphatic rings. The molecule has 216 valence electrons. The van der Waals surface area contributed by atoms with Crippen LogP contribution in [0.25, 0.3) is 83.6 Å². The van der Waals surface area contributed by atoms with Crippen molar-refractivity contribution >= 4 is 32.9 Å². The zero-order valence-electron chi connectivity index (χ0n) is 24.8. The summed E-state index contributed by atoms with van der Waals surface area (Å²) in [5.41, 5.74) is 12.5. The third-order valence-electron chi connectivity index (χ3n) is 8.68. The molecule has 0 unspecified atom stereocenters. The van der Waals surface area contributed by atoms with Gasteiger partial charge in [-0.25, -0.2) is 4.98 Å². The first-order valence-electron chi connectivity index (χ1n) is 15.4. The lowest BCUT2D eigenvalue weighted by atomic mass is 10.0. The van der Waals surface area contributed by atoms with Crippen LogP contribution < -0.4 is 0 Å². The lowest BCUT2D eigenvalue weighted by Crippen LogP contribution is -1.95. The molecule has 0 saturated heterocycles. The summed E-state index contributed by atoms with van der Waals surface area (Å²) < 4.78 is 8.75. The second-order valence-electron chi connectivity index (χ2n) is 11.5. The van der Waals surface area contributed by atoms with E-state index < -0.39 is 0 Å². The van der Waals surface area contributed by atoms with Gasteiger partial charge in [0.15, 0.2) is 5.58 Å². The third-order valence-corrected chi connectivity index (χ3v) is 8.68. The van der Waals surface area contributed by atoms with E-state index in [0.717, 1.165) is 55.8 Å². The van der Waals surface area contributed by atoms with Crippen LogP contribution in [0.3, 0.4) is 0 Å². The van der Waals surface area contributed by atoms with E-state index in [9.17, 15) is 0 Å². The Morgan fingerprint density at radius 3 is 1.96 bits per heavy atom. The minimum atomic E-state index is 0.603. The molecule has 0 aliphatic carbocycles. The first-order chi connectivity index (χ1) is 22.8. The van der Waals surface area contributed by atoms with Crippen molar-refractivity contribution in [3.8, 4) is 50.7 Å². The number of fused-ring (bicyclic) bond motifs is 4. The normalized spacial score (nSPS) is 11.5. The van der Waals surface area contributed by atoms with Gasteiger partial charge in [-0.1, -0.05) is 97.1 Å². The Balaban J connectivity index is 1.24. The zero-order chi connectivity index (χ0) is 30.5. The molecule has 3 aromatic heterocycles. The smallest absolute Gasteiger partial charge is 0.227 e. The number of benzene rings is 6. The van der Waals surface area contributed by atoms with E-state index in [1.165, 1.54) is 21.9 Å². The molecule has 4 nitrogen and oxygen atoms in total. The summed E-state index contributed by atoms with van der Waals surface area (Å²) in [6, 6.07) is 55.0. The molecule has 0 bridgehead atoms. The highest BCUT2D eigenvalue weighted by Crippen LogP contribution is 2.38. The Labute approximate surface area is 265 Å². The first-order valence-corrected chi connectivity index (χ1v) is 15.4. The van der Waals surface area contributed by atoms with E-state index in [2.05, 4.69) is 137 Å². The van der Waals surface area contributed by atoms with Crippen LogP contribution >= 0.6 is 0 Å². The molecule has 9 rings (SSSR count). The molecule has 3 heterocycles. The predicted molar refractivity (Wildman–Crippen MR) is 188 cm³/mol. The largest absolute Gasteiger partial charge is 0.436 e. The maximum absolute atomic E-state index is 6.41. The molecule has 46 heavy (non-hydrogen) atoms. The number of hydrogen-bond acceptors (Lipinski definition) is 3. The highest BCUT2D eigenvalue weighted by molar-refractivity contribution is 6.11. The van der Waals surface area contributed by atoms with Crippen LogP contribution in [0.4, 0.5) is 0 Å². The van der Waals surface area contributed by atoms with Gasteiger partial charge in [-0.3, -0.25) is 4.98 Å². The maximum Gasteiger partial charge on any atom is 0.227 e. The number of hydrogen-bond donors (Lipinski definition) is 0. The second kappa shape index (κ2) is 10.7. The Kier molecular flexibility index (Phi) is 6.10. The number of oxazole rings is 1. The topological polar surface area (TPSA) is 43.9 Å². The van der Waals surface area contributed by atoms with Gasteiger partial charge in [0, 0.05) is 33.8 Å². The van der Waals surface area contributed by atoms with Gasteiger partial charge in [0.05, 0.1) is 16.7 Å². The Bertz CT molecular complexity index is 2510. The molecule has 4 heteroatoms. The monoisotopic (exact) mass is 589 g/mol. The molecule has 0 N–H and O–H groups in total. The minimum Gasteiger partial charge on any atom is -0.436 e. The lowest BCUT2D eigenvalue weighted by molar-refractivity contribution is 0.620. The van der Waals surface area contributed by atoms with Crippen LogP contribution in [0.1, 0.15) is 0 Å². The van der Waals surface area contributed by atoms with E-state index in [4.69, 9.17) is 9.40 Å². The van der Waals surface area contributed by atoms with Gasteiger partial charge in [0.2, 0.25) is 5.89 Å². The summed E-state index contributed by atoms with van der Waals surface area (Å²) >= 11 is 0. The van der Waals surface area contributed by atoms with Crippen LogP contribution in [-0.4, -0.2) is 14.5 Å². The highest BCUT2D eigenvalue weighted by Gasteiger charge is 2.17. The van der Waals surface area contributed by atoms with Crippen LogP contribution in [-0.2, 0) is 0 Å². The van der Waals surface area contributed by atoms with Gasteiger partial charge < -0.3 is 8.98 Å². The summed E-state index contributed by atoms with van der Waals surface area (Å²) in [6.07, 6.45) is 1.84. The summed E-state index contributed by atoms with van der Waals surface area (Å²) in [6.45, 7) is 0. The fourth-order valence-electron chi connectivity index (χ4n) is 6.44. The van der Waals surface area contributed by atoms with Crippen LogP contribution in [0.15, 0.2) is 168 Å². The summed E-state index contributed by atoms with van der Waals surface area (Å²) in [4.78, 5) is 9.52. The molecule has 0 atom stereocenters. The van der Waals surface area contributed by atoms with E-state index in [1.54, 1.807) is 0 Å². The molecule has 0 spiro atoms. The van der Waals surface area contributed by atoms with E-state index in [1.807, 2.05) is 36.5 Å². The predicted octanol–water partition coefficient (Wildman–Crippen LogP) is 11.0. The molecular formula is C42H27N3O. The van der Waals surface area contributed by atoms with Crippen molar-refractivity contribution in [2.24, 2.45) is 0 Å². The summed E-state index contributed by atoms with van der Waals surface area (Å²) in [5, 5.41) is 2.36. The third kappa shape index (κ3) is 4.47. The van der Waals surface area contributed by atoms with Crippen LogP contribution in [0, 0.1) is 0 Å². The Morgan fingerprint density at radius 2 is 1.17 bits per heavy atom. The van der Waals surface area contributed by atoms with Gasteiger partial charge in [-0.15, -0.1) is 0 Å². The average Bonchev–Trinajstić information content (AvgIpc) is 3.71. The molecule has 0 aliphatic heterocycles. The number of aromatic nitrogens is 3. The molecular weight excluding hydrogens is 562 g/mol. The van der Waals surface area contributed by atoms with Gasteiger partial charge in [0.25, 0.3) is 0 Å². The first kappa shape index (κ1) is 26.2. The van der Waals surface area contributed by atoms with Gasteiger partial charge >= 0.3 is 0 Å². The maximum atomic E-state index is 6.41. The average molecular weight is 590 g/mol. The molecule has 0 radical (unpaired) electrons. The molecule has 0 amide bonds. The quantitative estimate of drug-likeness (QED) is 0.201. The van der Waals surface area contributed by atoms with E-state index >= 15 is 0 Å². The lowest BCUT2D eigenvalue weighted by Gasteiger charge is -2.11. The van der Waals surface area contributed by atoms with Crippen LogP contribution in [0.5, 0.6) is 0 Å². The Morgan fingerprint density at radius 1 is 0.457 bits per heavy atom. The highest BCUT2D eigenvalue weighted by atomic mass is 16.3. The standard InChI is InChI=1S/C42H27N3O/c1-3-10-28(11-4-1)30-19-22-39-36(25-30)35-20-17-33(42-44-38-21-18-31(27-41(38)46-42)29-12-5-2-6-13-29)26-40(35)45(39)34-15-9-14-32(24-34)37-16-7-8-23-43-37/h1-27H. The van der Waals surface area contributed by atoms with Gasteiger partial charge in [-0.2, -0.15) is 0 Å². The van der Waals surface area contributed by atoms with Crippen molar-refractivity contribution in [3.63, 3.8) is 0 Å². The minimum absolute atomic E-state index is 0.603. The molecule has 9 aromatic rings. The summed E-state index contributed by atoms with van der Waals surface area (Å²) in [7, 11) is 0. The van der Waals surface area contributed by atoms with E-state index in [-0.39, 0.29) is 0 Å². The zero-order valence-corrected chi connectivity index (χ0v) is 24.8. The Hall–Kier alpha value is -6.26. The van der Waals surface area contributed by atoms with Gasteiger partial charge in [-0.05, 0) is 82.9 Å². The fraction of sp³-hybridized carbons (Fsp3) is 0.